The number of halogens is 2. The number of rotatable bonds is 5. The van der Waals surface area contributed by atoms with E-state index in [1.807, 2.05) is 30.3 Å². The van der Waals surface area contributed by atoms with E-state index in [1.54, 1.807) is 6.07 Å². The van der Waals surface area contributed by atoms with Crippen molar-refractivity contribution in [3.05, 3.63) is 78.0 Å². The number of hydrogen-bond acceptors (Lipinski definition) is 4. The second kappa shape index (κ2) is 6.83. The molecule has 0 saturated heterocycles. The monoisotopic (exact) mass is 312 g/mol. The highest BCUT2D eigenvalue weighted by Gasteiger charge is 2.10. The number of anilines is 3. The van der Waals surface area contributed by atoms with Gasteiger partial charge in [0.2, 0.25) is 5.95 Å². The Kier molecular flexibility index (Phi) is 4.42. The summed E-state index contributed by atoms with van der Waals surface area (Å²) in [6.45, 7) is 0.589. The van der Waals surface area contributed by atoms with Crippen LogP contribution in [0.15, 0.2) is 60.8 Å². The first-order valence-electron chi connectivity index (χ1n) is 7.04. The summed E-state index contributed by atoms with van der Waals surface area (Å²) in [6.07, 6.45) is 1.52. The normalized spacial score (nSPS) is 10.3. The Balaban J connectivity index is 1.72. The zero-order valence-corrected chi connectivity index (χ0v) is 12.1. The van der Waals surface area contributed by atoms with Gasteiger partial charge in [-0.05, 0) is 23.8 Å². The van der Waals surface area contributed by atoms with Crippen molar-refractivity contribution in [3.63, 3.8) is 0 Å². The summed E-state index contributed by atoms with van der Waals surface area (Å²) in [7, 11) is 0. The molecule has 1 aromatic heterocycles. The fraction of sp³-hybridized carbons (Fsp3) is 0.0588. The maximum absolute atomic E-state index is 13.6. The topological polar surface area (TPSA) is 49.8 Å². The molecule has 3 rings (SSSR count). The van der Waals surface area contributed by atoms with E-state index < -0.39 is 11.6 Å². The van der Waals surface area contributed by atoms with Crippen molar-refractivity contribution in [2.45, 2.75) is 6.54 Å². The third-order valence-corrected chi connectivity index (χ3v) is 3.17. The molecule has 0 aliphatic rings. The molecule has 0 unspecified atom stereocenters. The molecule has 3 aromatic rings. The van der Waals surface area contributed by atoms with Gasteiger partial charge in [-0.25, -0.2) is 13.8 Å². The molecule has 0 saturated carbocycles. The molecule has 23 heavy (non-hydrogen) atoms. The number of nitrogens with one attached hydrogen (secondary N) is 2. The fourth-order valence-electron chi connectivity index (χ4n) is 2.03. The molecule has 0 aliphatic carbocycles. The minimum atomic E-state index is -0.698. The van der Waals surface area contributed by atoms with Gasteiger partial charge >= 0.3 is 0 Å². The molecular weight excluding hydrogens is 298 g/mol. The van der Waals surface area contributed by atoms with E-state index in [1.165, 1.54) is 24.4 Å². The lowest BCUT2D eigenvalue weighted by Crippen LogP contribution is -2.05. The molecule has 0 spiro atoms. The van der Waals surface area contributed by atoms with Crippen molar-refractivity contribution in [2.75, 3.05) is 10.6 Å². The molecule has 0 bridgehead atoms. The molecule has 0 aliphatic heterocycles. The standard InChI is InChI=1S/C17H14F2N4/c18-13-7-4-8-14(19)16(13)23-17-20-10-9-15(22-17)21-11-12-5-2-1-3-6-12/h1-10H,11H2,(H2,20,21,22,23). The zero-order chi connectivity index (χ0) is 16.1. The molecular formula is C17H14F2N4. The second-order valence-corrected chi connectivity index (χ2v) is 4.83. The van der Waals surface area contributed by atoms with E-state index in [4.69, 9.17) is 0 Å². The van der Waals surface area contributed by atoms with Crippen LogP contribution in [0, 0.1) is 11.6 Å². The smallest absolute Gasteiger partial charge is 0.229 e. The highest BCUT2D eigenvalue weighted by molar-refractivity contribution is 5.56. The van der Waals surface area contributed by atoms with Crippen molar-refractivity contribution in [1.29, 1.82) is 0 Å². The van der Waals surface area contributed by atoms with Crippen LogP contribution < -0.4 is 10.6 Å². The van der Waals surface area contributed by atoms with E-state index in [-0.39, 0.29) is 11.6 Å². The summed E-state index contributed by atoms with van der Waals surface area (Å²) >= 11 is 0. The summed E-state index contributed by atoms with van der Waals surface area (Å²) in [4.78, 5) is 8.17. The van der Waals surface area contributed by atoms with Crippen LogP contribution in [0.1, 0.15) is 5.56 Å². The fourth-order valence-corrected chi connectivity index (χ4v) is 2.03. The van der Waals surface area contributed by atoms with Gasteiger partial charge in [0.05, 0.1) is 0 Å². The summed E-state index contributed by atoms with van der Waals surface area (Å²) in [6, 6.07) is 15.1. The maximum Gasteiger partial charge on any atom is 0.229 e. The van der Waals surface area contributed by atoms with Gasteiger partial charge in [0.15, 0.2) is 0 Å². The predicted molar refractivity (Wildman–Crippen MR) is 85.4 cm³/mol. The van der Waals surface area contributed by atoms with Crippen LogP contribution in [0.2, 0.25) is 0 Å². The molecule has 0 amide bonds. The van der Waals surface area contributed by atoms with Crippen LogP contribution in [0.25, 0.3) is 0 Å². The van der Waals surface area contributed by atoms with Gasteiger partial charge in [-0.15, -0.1) is 0 Å². The molecule has 0 fully saturated rings. The van der Waals surface area contributed by atoms with Crippen molar-refractivity contribution in [2.24, 2.45) is 0 Å². The van der Waals surface area contributed by atoms with Gasteiger partial charge in [-0.1, -0.05) is 36.4 Å². The first kappa shape index (κ1) is 14.9. The molecule has 4 nitrogen and oxygen atoms in total. The lowest BCUT2D eigenvalue weighted by Gasteiger charge is -2.09. The van der Waals surface area contributed by atoms with Gasteiger partial charge in [0.25, 0.3) is 0 Å². The van der Waals surface area contributed by atoms with Gasteiger partial charge in [0.1, 0.15) is 23.1 Å². The molecule has 116 valence electrons. The quantitative estimate of drug-likeness (QED) is 0.744. The lowest BCUT2D eigenvalue weighted by atomic mass is 10.2. The largest absolute Gasteiger partial charge is 0.366 e. The molecule has 1 heterocycles. The summed E-state index contributed by atoms with van der Waals surface area (Å²) < 4.78 is 27.3. The Morgan fingerprint density at radius 1 is 0.870 bits per heavy atom. The third-order valence-electron chi connectivity index (χ3n) is 3.17. The number of benzene rings is 2. The second-order valence-electron chi connectivity index (χ2n) is 4.83. The third kappa shape index (κ3) is 3.79. The van der Waals surface area contributed by atoms with E-state index in [0.29, 0.717) is 12.4 Å². The van der Waals surface area contributed by atoms with E-state index in [2.05, 4.69) is 20.6 Å². The van der Waals surface area contributed by atoms with Crippen LogP contribution in [0.5, 0.6) is 0 Å². The maximum atomic E-state index is 13.6. The number of para-hydroxylation sites is 1. The number of hydrogen-bond donors (Lipinski definition) is 2. The van der Waals surface area contributed by atoms with Crippen LogP contribution in [-0.4, -0.2) is 9.97 Å². The lowest BCUT2D eigenvalue weighted by molar-refractivity contribution is 0.590. The van der Waals surface area contributed by atoms with Crippen LogP contribution in [-0.2, 0) is 6.54 Å². The SMILES string of the molecule is Fc1cccc(F)c1Nc1nccc(NCc2ccccc2)n1. The van der Waals surface area contributed by atoms with E-state index in [9.17, 15) is 8.78 Å². The Labute approximate surface area is 132 Å². The van der Waals surface area contributed by atoms with Crippen molar-refractivity contribution in [3.8, 4) is 0 Å². The van der Waals surface area contributed by atoms with Gasteiger partial charge < -0.3 is 10.6 Å². The Morgan fingerprint density at radius 3 is 2.35 bits per heavy atom. The van der Waals surface area contributed by atoms with Gasteiger partial charge in [-0.2, -0.15) is 4.98 Å². The number of aromatic nitrogens is 2. The van der Waals surface area contributed by atoms with Crippen LogP contribution in [0.4, 0.5) is 26.2 Å². The minimum absolute atomic E-state index is 0.118. The van der Waals surface area contributed by atoms with Crippen molar-refractivity contribution in [1.82, 2.24) is 9.97 Å². The summed E-state index contributed by atoms with van der Waals surface area (Å²) in [5, 5.41) is 5.70. The molecule has 2 N–H and O–H groups in total. The molecule has 2 aromatic carbocycles. The zero-order valence-electron chi connectivity index (χ0n) is 12.1. The average molecular weight is 312 g/mol. The molecule has 0 radical (unpaired) electrons. The Hall–Kier alpha value is -3.02. The van der Waals surface area contributed by atoms with Crippen molar-refractivity contribution < 1.29 is 8.78 Å². The summed E-state index contributed by atoms with van der Waals surface area (Å²) in [5.41, 5.74) is 0.827. The highest BCUT2D eigenvalue weighted by Crippen LogP contribution is 2.21. The Bertz CT molecular complexity index is 773. The Morgan fingerprint density at radius 2 is 1.61 bits per heavy atom. The average Bonchev–Trinajstić information content (AvgIpc) is 2.58. The van der Waals surface area contributed by atoms with Crippen LogP contribution >= 0.6 is 0 Å². The van der Waals surface area contributed by atoms with E-state index in [0.717, 1.165) is 5.56 Å². The molecule has 6 heteroatoms. The van der Waals surface area contributed by atoms with Crippen molar-refractivity contribution >= 4 is 17.5 Å². The first-order chi connectivity index (χ1) is 11.2. The predicted octanol–water partition coefficient (Wildman–Crippen LogP) is 4.11. The van der Waals surface area contributed by atoms with Gasteiger partial charge in [-0.3, -0.25) is 0 Å². The first-order valence-corrected chi connectivity index (χ1v) is 7.04. The number of nitrogens with zero attached hydrogens (tertiary/aromatic N) is 2. The summed E-state index contributed by atoms with van der Waals surface area (Å²) in [5.74, 6) is -0.720. The van der Waals surface area contributed by atoms with Gasteiger partial charge in [0, 0.05) is 12.7 Å². The van der Waals surface area contributed by atoms with Crippen LogP contribution in [0.3, 0.4) is 0 Å². The van der Waals surface area contributed by atoms with E-state index >= 15 is 0 Å². The minimum Gasteiger partial charge on any atom is -0.366 e. The molecule has 0 atom stereocenters. The highest BCUT2D eigenvalue weighted by atomic mass is 19.1.